The summed E-state index contributed by atoms with van der Waals surface area (Å²) in [6.07, 6.45) is 4.28. The van der Waals surface area contributed by atoms with Gasteiger partial charge in [-0.25, -0.2) is 0 Å². The fraction of sp³-hybridized carbons (Fsp3) is 1.00. The molecule has 12 heavy (non-hydrogen) atoms. The molecule has 1 saturated carbocycles. The van der Waals surface area contributed by atoms with E-state index in [2.05, 4.69) is 24.2 Å². The van der Waals surface area contributed by atoms with Crippen molar-refractivity contribution in [3.8, 4) is 0 Å². The average molecular weight is 168 g/mol. The van der Waals surface area contributed by atoms with E-state index in [0.29, 0.717) is 5.41 Å². The Labute approximate surface area is 75.3 Å². The predicted octanol–water partition coefficient (Wildman–Crippen LogP) is 1.08. The van der Waals surface area contributed by atoms with E-state index in [1.54, 1.807) is 0 Å². The smallest absolute Gasteiger partial charge is 0.0143 e. The Morgan fingerprint density at radius 3 is 3.08 bits per heavy atom. The van der Waals surface area contributed by atoms with Crippen molar-refractivity contribution < 1.29 is 0 Å². The highest BCUT2D eigenvalue weighted by molar-refractivity contribution is 5.10. The van der Waals surface area contributed by atoms with Crippen LogP contribution in [0.2, 0.25) is 0 Å². The minimum atomic E-state index is 0.684. The van der Waals surface area contributed by atoms with Crippen molar-refractivity contribution in [1.82, 2.24) is 10.2 Å². The molecule has 2 unspecified atom stereocenters. The van der Waals surface area contributed by atoms with Crippen LogP contribution in [-0.2, 0) is 0 Å². The Kier molecular flexibility index (Phi) is 2.13. The van der Waals surface area contributed by atoms with E-state index in [0.717, 1.165) is 12.6 Å². The van der Waals surface area contributed by atoms with E-state index >= 15 is 0 Å². The van der Waals surface area contributed by atoms with E-state index in [1.165, 1.54) is 32.4 Å². The number of rotatable bonds is 2. The fourth-order valence-electron chi connectivity index (χ4n) is 2.73. The van der Waals surface area contributed by atoms with Gasteiger partial charge in [0.1, 0.15) is 0 Å². The highest BCUT2D eigenvalue weighted by atomic mass is 15.1. The normalized spacial score (nSPS) is 42.0. The van der Waals surface area contributed by atoms with Crippen LogP contribution in [-0.4, -0.2) is 37.6 Å². The lowest BCUT2D eigenvalue weighted by molar-refractivity contribution is 0.185. The van der Waals surface area contributed by atoms with Crippen LogP contribution in [0.15, 0.2) is 0 Å². The lowest BCUT2D eigenvalue weighted by Crippen LogP contribution is -2.37. The summed E-state index contributed by atoms with van der Waals surface area (Å²) in [6, 6.07) is 0.838. The number of piperidine rings is 1. The first-order valence-corrected chi connectivity index (χ1v) is 5.19. The van der Waals surface area contributed by atoms with E-state index in [9.17, 15) is 0 Å². The van der Waals surface area contributed by atoms with Crippen LogP contribution in [0.4, 0.5) is 0 Å². The standard InChI is InChI=1S/C10H20N2/c1-3-11-9-7-10(9)5-4-6-12(2)8-10/h9,11H,3-8H2,1-2H3. The second-order valence-electron chi connectivity index (χ2n) is 4.52. The van der Waals surface area contributed by atoms with Gasteiger partial charge in [0.15, 0.2) is 0 Å². The summed E-state index contributed by atoms with van der Waals surface area (Å²) in [5.74, 6) is 0. The zero-order valence-corrected chi connectivity index (χ0v) is 8.27. The third-order valence-corrected chi connectivity index (χ3v) is 3.44. The van der Waals surface area contributed by atoms with Crippen LogP contribution < -0.4 is 5.32 Å². The molecule has 1 saturated heterocycles. The molecule has 1 aliphatic carbocycles. The minimum absolute atomic E-state index is 0.684. The largest absolute Gasteiger partial charge is 0.314 e. The van der Waals surface area contributed by atoms with Gasteiger partial charge in [-0.2, -0.15) is 0 Å². The van der Waals surface area contributed by atoms with Gasteiger partial charge in [-0.3, -0.25) is 0 Å². The van der Waals surface area contributed by atoms with Crippen molar-refractivity contribution >= 4 is 0 Å². The van der Waals surface area contributed by atoms with E-state index < -0.39 is 0 Å². The van der Waals surface area contributed by atoms with Gasteiger partial charge in [0.25, 0.3) is 0 Å². The molecule has 0 aromatic carbocycles. The molecule has 2 nitrogen and oxygen atoms in total. The van der Waals surface area contributed by atoms with Gasteiger partial charge in [0.2, 0.25) is 0 Å². The maximum atomic E-state index is 3.57. The Morgan fingerprint density at radius 1 is 1.58 bits per heavy atom. The molecule has 70 valence electrons. The lowest BCUT2D eigenvalue weighted by Gasteiger charge is -2.30. The van der Waals surface area contributed by atoms with Crippen LogP contribution in [0.25, 0.3) is 0 Å². The van der Waals surface area contributed by atoms with Crippen molar-refractivity contribution in [2.75, 3.05) is 26.7 Å². The SMILES string of the molecule is CCNC1CC12CCCN(C)C2. The van der Waals surface area contributed by atoms with E-state index in [4.69, 9.17) is 0 Å². The summed E-state index contributed by atoms with van der Waals surface area (Å²) in [5.41, 5.74) is 0.684. The van der Waals surface area contributed by atoms with E-state index in [-0.39, 0.29) is 0 Å². The van der Waals surface area contributed by atoms with Crippen molar-refractivity contribution in [2.24, 2.45) is 5.41 Å². The van der Waals surface area contributed by atoms with Gasteiger partial charge in [0, 0.05) is 12.6 Å². The Morgan fingerprint density at radius 2 is 2.42 bits per heavy atom. The Bertz CT molecular complexity index is 169. The zero-order valence-electron chi connectivity index (χ0n) is 8.27. The number of nitrogens with zero attached hydrogens (tertiary/aromatic N) is 1. The zero-order chi connectivity index (χ0) is 8.60. The van der Waals surface area contributed by atoms with Crippen molar-refractivity contribution in [3.05, 3.63) is 0 Å². The molecule has 0 amide bonds. The highest BCUT2D eigenvalue weighted by Crippen LogP contribution is 2.51. The van der Waals surface area contributed by atoms with Gasteiger partial charge < -0.3 is 10.2 Å². The van der Waals surface area contributed by atoms with E-state index in [1.807, 2.05) is 0 Å². The maximum Gasteiger partial charge on any atom is 0.0143 e. The van der Waals surface area contributed by atoms with Gasteiger partial charge in [0.05, 0.1) is 0 Å². The van der Waals surface area contributed by atoms with Crippen LogP contribution in [0.1, 0.15) is 26.2 Å². The summed E-state index contributed by atoms with van der Waals surface area (Å²) >= 11 is 0. The van der Waals surface area contributed by atoms with Gasteiger partial charge in [-0.05, 0) is 44.8 Å². The van der Waals surface area contributed by atoms with Crippen LogP contribution >= 0.6 is 0 Å². The highest BCUT2D eigenvalue weighted by Gasteiger charge is 2.54. The fourth-order valence-corrected chi connectivity index (χ4v) is 2.73. The Hall–Kier alpha value is -0.0800. The maximum absolute atomic E-state index is 3.57. The number of hydrogen-bond donors (Lipinski definition) is 1. The van der Waals surface area contributed by atoms with Crippen molar-refractivity contribution in [2.45, 2.75) is 32.2 Å². The molecule has 1 aliphatic heterocycles. The first-order valence-electron chi connectivity index (χ1n) is 5.19. The summed E-state index contributed by atoms with van der Waals surface area (Å²) in [4.78, 5) is 2.49. The summed E-state index contributed by atoms with van der Waals surface area (Å²) < 4.78 is 0. The van der Waals surface area contributed by atoms with Gasteiger partial charge in [-0.1, -0.05) is 6.92 Å². The molecule has 2 fully saturated rings. The number of nitrogens with one attached hydrogen (secondary N) is 1. The number of hydrogen-bond acceptors (Lipinski definition) is 2. The summed E-state index contributed by atoms with van der Waals surface area (Å²) in [7, 11) is 2.25. The summed E-state index contributed by atoms with van der Waals surface area (Å²) in [5, 5.41) is 3.57. The quantitative estimate of drug-likeness (QED) is 0.664. The molecule has 0 bridgehead atoms. The second-order valence-corrected chi connectivity index (χ2v) is 4.52. The molecule has 0 aromatic rings. The minimum Gasteiger partial charge on any atom is -0.314 e. The topological polar surface area (TPSA) is 15.3 Å². The first-order chi connectivity index (χ1) is 5.77. The molecule has 1 N–H and O–H groups in total. The molecule has 2 aliphatic rings. The van der Waals surface area contributed by atoms with Gasteiger partial charge >= 0.3 is 0 Å². The van der Waals surface area contributed by atoms with Gasteiger partial charge in [-0.15, -0.1) is 0 Å². The monoisotopic (exact) mass is 168 g/mol. The van der Waals surface area contributed by atoms with Crippen molar-refractivity contribution in [3.63, 3.8) is 0 Å². The predicted molar refractivity (Wildman–Crippen MR) is 51.2 cm³/mol. The molecular formula is C10H20N2. The molecule has 0 aromatic heterocycles. The second kappa shape index (κ2) is 3.00. The first kappa shape index (κ1) is 8.52. The molecule has 0 radical (unpaired) electrons. The van der Waals surface area contributed by atoms with Crippen molar-refractivity contribution in [1.29, 1.82) is 0 Å². The lowest BCUT2D eigenvalue weighted by atomic mass is 9.94. The molecule has 2 heteroatoms. The number of likely N-dealkylation sites (tertiary alicyclic amines) is 1. The molecule has 2 rings (SSSR count). The molecular weight excluding hydrogens is 148 g/mol. The van der Waals surface area contributed by atoms with Crippen LogP contribution in [0.3, 0.4) is 0 Å². The molecule has 1 spiro atoms. The molecule has 2 atom stereocenters. The molecule has 1 heterocycles. The summed E-state index contributed by atoms with van der Waals surface area (Å²) in [6.45, 7) is 5.97. The van der Waals surface area contributed by atoms with Crippen LogP contribution in [0.5, 0.6) is 0 Å². The Balaban J connectivity index is 1.88. The third-order valence-electron chi connectivity index (χ3n) is 3.44. The van der Waals surface area contributed by atoms with Crippen LogP contribution in [0, 0.1) is 5.41 Å². The third kappa shape index (κ3) is 1.38. The average Bonchev–Trinajstić information content (AvgIpc) is 2.63.